The van der Waals surface area contributed by atoms with E-state index < -0.39 is 22.5 Å². The van der Waals surface area contributed by atoms with Crippen LogP contribution in [0.2, 0.25) is 10.0 Å². The van der Waals surface area contributed by atoms with Crippen molar-refractivity contribution in [2.45, 2.75) is 18.4 Å². The number of hydrazone groups is 1. The summed E-state index contributed by atoms with van der Waals surface area (Å²) in [4.78, 5) is 12.9. The van der Waals surface area contributed by atoms with E-state index in [0.717, 1.165) is 15.4 Å². The summed E-state index contributed by atoms with van der Waals surface area (Å²) >= 11 is 16.0. The molecule has 8 nitrogen and oxygen atoms in total. The molecular formula is C30H26BrCl2N3O5S. The van der Waals surface area contributed by atoms with Gasteiger partial charge >= 0.3 is 0 Å². The fourth-order valence-electron chi connectivity index (χ4n) is 3.86. The van der Waals surface area contributed by atoms with Crippen LogP contribution in [0.15, 0.2) is 99.4 Å². The molecule has 42 heavy (non-hydrogen) atoms. The van der Waals surface area contributed by atoms with Crippen LogP contribution in [0.1, 0.15) is 16.7 Å². The zero-order chi connectivity index (χ0) is 30.3. The molecular weight excluding hydrogens is 665 g/mol. The minimum atomic E-state index is -4.12. The number of rotatable bonds is 11. The first-order chi connectivity index (χ1) is 20.1. The Hall–Kier alpha value is -3.57. The number of nitrogens with zero attached hydrogens (tertiary/aromatic N) is 2. The zero-order valence-electron chi connectivity index (χ0n) is 22.6. The van der Waals surface area contributed by atoms with Crippen molar-refractivity contribution in [3.8, 4) is 11.5 Å². The minimum absolute atomic E-state index is 0.0260. The summed E-state index contributed by atoms with van der Waals surface area (Å²) in [6, 6.07) is 23.5. The van der Waals surface area contributed by atoms with Gasteiger partial charge in [-0.3, -0.25) is 9.10 Å². The fraction of sp³-hybridized carbons (Fsp3) is 0.133. The van der Waals surface area contributed by atoms with Gasteiger partial charge in [0, 0.05) is 10.6 Å². The number of ether oxygens (including phenoxy) is 2. The normalized spacial score (nSPS) is 11.4. The quantitative estimate of drug-likeness (QED) is 0.135. The number of carbonyl (C=O) groups is 1. The smallest absolute Gasteiger partial charge is 0.264 e. The number of aryl methyl sites for hydroxylation is 1. The van der Waals surface area contributed by atoms with Crippen LogP contribution in [0.5, 0.6) is 11.5 Å². The summed E-state index contributed by atoms with van der Waals surface area (Å²) in [5.74, 6) is 0.223. The van der Waals surface area contributed by atoms with Gasteiger partial charge in [-0.05, 0) is 70.9 Å². The fourth-order valence-corrected chi connectivity index (χ4v) is 6.35. The Morgan fingerprint density at radius 2 is 1.67 bits per heavy atom. The third-order valence-electron chi connectivity index (χ3n) is 6.00. The number of methoxy groups -OCH3 is 1. The number of amides is 1. The molecule has 4 rings (SSSR count). The SMILES string of the molecule is COc1cc(/C=N\NC(=O)CN(c2ccccc2Cl)S(=O)(=O)c2ccc(C)cc2)cc(Br)c1OCc1ccccc1Cl. The summed E-state index contributed by atoms with van der Waals surface area (Å²) < 4.78 is 40.1. The highest BCUT2D eigenvalue weighted by Crippen LogP contribution is 2.37. The summed E-state index contributed by atoms with van der Waals surface area (Å²) in [5, 5.41) is 4.78. The van der Waals surface area contributed by atoms with Crippen molar-refractivity contribution in [3.63, 3.8) is 0 Å². The van der Waals surface area contributed by atoms with Crippen molar-refractivity contribution in [1.29, 1.82) is 0 Å². The van der Waals surface area contributed by atoms with Crippen LogP contribution in [-0.2, 0) is 21.4 Å². The predicted octanol–water partition coefficient (Wildman–Crippen LogP) is 7.00. The maximum atomic E-state index is 13.5. The molecule has 0 bridgehead atoms. The van der Waals surface area contributed by atoms with E-state index in [1.807, 2.05) is 25.1 Å². The van der Waals surface area contributed by atoms with Crippen LogP contribution in [0.25, 0.3) is 0 Å². The van der Waals surface area contributed by atoms with Crippen LogP contribution in [-0.4, -0.2) is 34.2 Å². The number of carbonyl (C=O) groups excluding carboxylic acids is 1. The molecule has 12 heteroatoms. The lowest BCUT2D eigenvalue weighted by atomic mass is 10.2. The van der Waals surface area contributed by atoms with Crippen molar-refractivity contribution in [2.24, 2.45) is 5.10 Å². The first-order valence-electron chi connectivity index (χ1n) is 12.5. The van der Waals surface area contributed by atoms with Gasteiger partial charge in [-0.2, -0.15) is 5.10 Å². The number of sulfonamides is 1. The molecule has 0 aliphatic carbocycles. The lowest BCUT2D eigenvalue weighted by Gasteiger charge is -2.24. The van der Waals surface area contributed by atoms with Gasteiger partial charge in [0.15, 0.2) is 11.5 Å². The monoisotopic (exact) mass is 689 g/mol. The summed E-state index contributed by atoms with van der Waals surface area (Å²) in [6.07, 6.45) is 1.40. The summed E-state index contributed by atoms with van der Waals surface area (Å²) in [7, 11) is -2.62. The molecule has 0 spiro atoms. The van der Waals surface area contributed by atoms with Crippen molar-refractivity contribution in [2.75, 3.05) is 18.0 Å². The average molecular weight is 691 g/mol. The second-order valence-electron chi connectivity index (χ2n) is 8.98. The minimum Gasteiger partial charge on any atom is -0.493 e. The Morgan fingerprint density at radius 3 is 2.33 bits per heavy atom. The van der Waals surface area contributed by atoms with E-state index in [2.05, 4.69) is 26.5 Å². The molecule has 0 radical (unpaired) electrons. The van der Waals surface area contributed by atoms with Gasteiger partial charge in [0.25, 0.3) is 15.9 Å². The lowest BCUT2D eigenvalue weighted by molar-refractivity contribution is -0.119. The van der Waals surface area contributed by atoms with E-state index >= 15 is 0 Å². The lowest BCUT2D eigenvalue weighted by Crippen LogP contribution is -2.39. The van der Waals surface area contributed by atoms with Crippen LogP contribution < -0.4 is 19.2 Å². The third kappa shape index (κ3) is 7.63. The molecule has 0 saturated heterocycles. The Labute approximate surface area is 263 Å². The molecule has 0 aliphatic heterocycles. The molecule has 0 saturated carbocycles. The predicted molar refractivity (Wildman–Crippen MR) is 169 cm³/mol. The van der Waals surface area contributed by atoms with Crippen molar-refractivity contribution >= 4 is 67.0 Å². The number of hydrogen-bond acceptors (Lipinski definition) is 6. The zero-order valence-corrected chi connectivity index (χ0v) is 26.5. The second kappa shape index (κ2) is 14.1. The average Bonchev–Trinajstić information content (AvgIpc) is 2.96. The molecule has 0 aliphatic rings. The van der Waals surface area contributed by atoms with Crippen molar-refractivity contribution in [3.05, 3.63) is 116 Å². The van der Waals surface area contributed by atoms with Crippen LogP contribution in [0, 0.1) is 6.92 Å². The molecule has 0 unspecified atom stereocenters. The molecule has 1 N–H and O–H groups in total. The van der Waals surface area contributed by atoms with Gasteiger partial charge in [0.1, 0.15) is 13.2 Å². The number of nitrogens with one attached hydrogen (secondary N) is 1. The van der Waals surface area contributed by atoms with Gasteiger partial charge in [0.05, 0.1) is 33.4 Å². The molecule has 0 aromatic heterocycles. The summed E-state index contributed by atoms with van der Waals surface area (Å²) in [6.45, 7) is 1.52. The third-order valence-corrected chi connectivity index (χ3v) is 9.05. The highest BCUT2D eigenvalue weighted by atomic mass is 79.9. The Bertz CT molecular complexity index is 1720. The van der Waals surface area contributed by atoms with Gasteiger partial charge in [-0.1, -0.05) is 71.2 Å². The molecule has 4 aromatic carbocycles. The van der Waals surface area contributed by atoms with E-state index in [1.54, 1.807) is 48.5 Å². The summed E-state index contributed by atoms with van der Waals surface area (Å²) in [5.41, 5.74) is 4.85. The first kappa shape index (κ1) is 31.4. The highest BCUT2D eigenvalue weighted by molar-refractivity contribution is 9.10. The van der Waals surface area contributed by atoms with E-state index in [0.29, 0.717) is 26.6 Å². The molecule has 0 atom stereocenters. The number of hydrogen-bond donors (Lipinski definition) is 1. The number of anilines is 1. The Kier molecular flexibility index (Phi) is 10.5. The van der Waals surface area contributed by atoms with Gasteiger partial charge in [0.2, 0.25) is 0 Å². The van der Waals surface area contributed by atoms with E-state index in [4.69, 9.17) is 32.7 Å². The number of halogens is 3. The molecule has 218 valence electrons. The standard InChI is InChI=1S/C30H26BrCl2N3O5S/c1-20-11-13-23(14-12-20)42(38,39)36(27-10-6-5-9-26(27)33)18-29(37)35-34-17-21-15-24(31)30(28(16-21)40-2)41-19-22-7-3-4-8-25(22)32/h3-17H,18-19H2,1-2H3,(H,35,37)/b34-17-. The maximum Gasteiger partial charge on any atom is 0.264 e. The number of para-hydroxylation sites is 1. The van der Waals surface area contributed by atoms with E-state index in [1.165, 1.54) is 31.5 Å². The highest BCUT2D eigenvalue weighted by Gasteiger charge is 2.28. The van der Waals surface area contributed by atoms with Gasteiger partial charge in [-0.15, -0.1) is 0 Å². The van der Waals surface area contributed by atoms with Crippen LogP contribution in [0.4, 0.5) is 5.69 Å². The van der Waals surface area contributed by atoms with E-state index in [-0.39, 0.29) is 22.2 Å². The maximum absolute atomic E-state index is 13.5. The second-order valence-corrected chi connectivity index (χ2v) is 12.5. The largest absolute Gasteiger partial charge is 0.493 e. The Balaban J connectivity index is 1.50. The molecule has 1 amide bonds. The molecule has 0 fully saturated rings. The topological polar surface area (TPSA) is 97.3 Å². The Morgan fingerprint density at radius 1 is 1.00 bits per heavy atom. The van der Waals surface area contributed by atoms with Crippen molar-refractivity contribution in [1.82, 2.24) is 5.43 Å². The van der Waals surface area contributed by atoms with Crippen molar-refractivity contribution < 1.29 is 22.7 Å². The van der Waals surface area contributed by atoms with Gasteiger partial charge in [-0.25, -0.2) is 13.8 Å². The van der Waals surface area contributed by atoms with Gasteiger partial charge < -0.3 is 9.47 Å². The molecule has 0 heterocycles. The number of benzene rings is 4. The van der Waals surface area contributed by atoms with Crippen LogP contribution >= 0.6 is 39.1 Å². The molecule has 4 aromatic rings. The first-order valence-corrected chi connectivity index (χ1v) is 15.5. The van der Waals surface area contributed by atoms with Crippen LogP contribution in [0.3, 0.4) is 0 Å². The van der Waals surface area contributed by atoms with E-state index in [9.17, 15) is 13.2 Å².